The van der Waals surface area contributed by atoms with E-state index in [1.165, 1.54) is 24.9 Å². The predicted molar refractivity (Wildman–Crippen MR) is 160 cm³/mol. The molecule has 2 aliphatic rings. The number of hydrogen-bond donors (Lipinski definition) is 2. The molecule has 2 aliphatic heterocycles. The van der Waals surface area contributed by atoms with Crippen LogP contribution >= 0.6 is 35.0 Å². The fraction of sp³-hybridized carbons (Fsp3) is 0.345. The Balaban J connectivity index is 1.25. The van der Waals surface area contributed by atoms with Crippen LogP contribution in [0.15, 0.2) is 53.7 Å². The molecule has 8 nitrogen and oxygen atoms in total. The molecule has 0 radical (unpaired) electrons. The van der Waals surface area contributed by atoms with Crippen LogP contribution in [-0.4, -0.2) is 58.5 Å². The van der Waals surface area contributed by atoms with Crippen molar-refractivity contribution < 1.29 is 23.5 Å². The summed E-state index contributed by atoms with van der Waals surface area (Å²) in [6.45, 7) is -0.00966. The maximum absolute atomic E-state index is 14.5. The summed E-state index contributed by atoms with van der Waals surface area (Å²) in [6, 6.07) is 10.3. The lowest BCUT2D eigenvalue weighted by Gasteiger charge is -2.29. The highest BCUT2D eigenvalue weighted by molar-refractivity contribution is 8.03. The number of esters is 1. The number of fused-ring (bicyclic) bond motifs is 1. The lowest BCUT2D eigenvalue weighted by atomic mass is 10.1. The van der Waals surface area contributed by atoms with E-state index in [0.717, 1.165) is 15.8 Å². The molecule has 2 amide bonds. The fourth-order valence-electron chi connectivity index (χ4n) is 5.24. The van der Waals surface area contributed by atoms with Crippen molar-refractivity contribution in [1.82, 2.24) is 14.8 Å². The number of thioether (sulfide) groups is 1. The van der Waals surface area contributed by atoms with Gasteiger partial charge in [0, 0.05) is 46.7 Å². The van der Waals surface area contributed by atoms with E-state index in [0.29, 0.717) is 23.2 Å². The molecule has 3 aromatic rings. The van der Waals surface area contributed by atoms with Crippen molar-refractivity contribution in [2.45, 2.75) is 43.3 Å². The summed E-state index contributed by atoms with van der Waals surface area (Å²) < 4.78 is 21.1. The van der Waals surface area contributed by atoms with Gasteiger partial charge in [-0.2, -0.15) is 0 Å². The van der Waals surface area contributed by atoms with Crippen molar-refractivity contribution in [3.63, 3.8) is 0 Å². The first kappa shape index (κ1) is 29.3. The molecule has 2 aromatic carbocycles. The molecule has 0 spiro atoms. The number of para-hydroxylation sites is 1. The van der Waals surface area contributed by atoms with Gasteiger partial charge in [0.15, 0.2) is 0 Å². The third kappa shape index (κ3) is 6.34. The summed E-state index contributed by atoms with van der Waals surface area (Å²) in [5.41, 5.74) is 2.23. The first-order valence-corrected chi connectivity index (χ1v) is 14.7. The fourth-order valence-corrected chi connectivity index (χ4v) is 6.93. The van der Waals surface area contributed by atoms with Gasteiger partial charge < -0.3 is 24.8 Å². The molecule has 3 heterocycles. The SMILES string of the molecule is COC(=O)CCC1=CNC([C@@H]2C[C@H](F)CN2C(=O)Cc2cc(Cl)c(NC(=O)c3cn(C)c4ccccc34)cc2Cl)S1. The minimum absolute atomic E-state index is 0.00966. The van der Waals surface area contributed by atoms with E-state index in [1.54, 1.807) is 17.2 Å². The maximum atomic E-state index is 14.5. The van der Waals surface area contributed by atoms with Crippen molar-refractivity contribution in [1.29, 1.82) is 0 Å². The van der Waals surface area contributed by atoms with Gasteiger partial charge in [-0.15, -0.1) is 11.8 Å². The Morgan fingerprint density at radius 1 is 1.20 bits per heavy atom. The highest BCUT2D eigenvalue weighted by Crippen LogP contribution is 2.38. The molecule has 3 atom stereocenters. The van der Waals surface area contributed by atoms with Gasteiger partial charge in [-0.3, -0.25) is 14.4 Å². The predicted octanol–water partition coefficient (Wildman–Crippen LogP) is 5.68. The van der Waals surface area contributed by atoms with Crippen molar-refractivity contribution in [2.75, 3.05) is 19.0 Å². The van der Waals surface area contributed by atoms with Crippen LogP contribution in [0.1, 0.15) is 35.2 Å². The zero-order chi connectivity index (χ0) is 29.3. The Hall–Kier alpha value is -3.21. The number of benzene rings is 2. The monoisotopic (exact) mass is 618 g/mol. The maximum Gasteiger partial charge on any atom is 0.305 e. The van der Waals surface area contributed by atoms with Crippen LogP contribution in [0, 0.1) is 0 Å². The number of allylic oxidation sites excluding steroid dienone is 1. The summed E-state index contributed by atoms with van der Waals surface area (Å²) in [5, 5.41) is 7.14. The summed E-state index contributed by atoms with van der Waals surface area (Å²) in [4.78, 5) is 40.4. The molecule has 5 rings (SSSR count). The number of aryl methyl sites for hydroxylation is 1. The molecule has 41 heavy (non-hydrogen) atoms. The number of anilines is 1. The summed E-state index contributed by atoms with van der Waals surface area (Å²) in [5.74, 6) is -0.907. The van der Waals surface area contributed by atoms with Crippen LogP contribution in [0.5, 0.6) is 0 Å². The van der Waals surface area contributed by atoms with E-state index < -0.39 is 6.17 Å². The van der Waals surface area contributed by atoms with Crippen LogP contribution in [0.25, 0.3) is 10.9 Å². The number of halogens is 3. The van der Waals surface area contributed by atoms with Crippen LogP contribution in [0.4, 0.5) is 10.1 Å². The molecule has 1 fully saturated rings. The van der Waals surface area contributed by atoms with Gasteiger partial charge in [0.2, 0.25) is 5.91 Å². The second-order valence-corrected chi connectivity index (χ2v) is 12.1. The van der Waals surface area contributed by atoms with Crippen LogP contribution < -0.4 is 10.6 Å². The Kier molecular flexibility index (Phi) is 8.82. The number of aromatic nitrogens is 1. The van der Waals surface area contributed by atoms with E-state index >= 15 is 0 Å². The lowest BCUT2D eigenvalue weighted by molar-refractivity contribution is -0.140. The van der Waals surface area contributed by atoms with Gasteiger partial charge in [-0.25, -0.2) is 4.39 Å². The van der Waals surface area contributed by atoms with Crippen molar-refractivity contribution in [2.24, 2.45) is 7.05 Å². The number of ether oxygens (including phenoxy) is 1. The molecule has 1 unspecified atom stereocenters. The Labute approximate surface area is 251 Å². The number of hydrogen-bond acceptors (Lipinski definition) is 6. The van der Waals surface area contributed by atoms with Crippen molar-refractivity contribution in [3.05, 3.63) is 74.9 Å². The highest BCUT2D eigenvalue weighted by atomic mass is 35.5. The number of methoxy groups -OCH3 is 1. The number of alkyl halides is 1. The normalized spacial score (nSPS) is 20.2. The minimum Gasteiger partial charge on any atom is -0.469 e. The molecule has 0 bridgehead atoms. The first-order valence-electron chi connectivity index (χ1n) is 13.1. The second-order valence-electron chi connectivity index (χ2n) is 10.1. The number of carbonyl (C=O) groups is 3. The summed E-state index contributed by atoms with van der Waals surface area (Å²) in [6.07, 6.45) is 3.33. The van der Waals surface area contributed by atoms with Crippen molar-refractivity contribution >= 4 is 69.3 Å². The van der Waals surface area contributed by atoms with E-state index in [4.69, 9.17) is 27.9 Å². The summed E-state index contributed by atoms with van der Waals surface area (Å²) in [7, 11) is 3.21. The smallest absolute Gasteiger partial charge is 0.305 e. The second kappa shape index (κ2) is 12.3. The van der Waals surface area contributed by atoms with Crippen LogP contribution in [0.2, 0.25) is 10.0 Å². The minimum atomic E-state index is -1.14. The van der Waals surface area contributed by atoms with Gasteiger partial charge in [0.1, 0.15) is 6.17 Å². The summed E-state index contributed by atoms with van der Waals surface area (Å²) >= 11 is 14.6. The van der Waals surface area contributed by atoms with Gasteiger partial charge in [0.05, 0.1) is 54.2 Å². The van der Waals surface area contributed by atoms with Gasteiger partial charge in [-0.1, -0.05) is 41.4 Å². The van der Waals surface area contributed by atoms with Gasteiger partial charge in [0.25, 0.3) is 5.91 Å². The number of carbonyl (C=O) groups excluding carboxylic acids is 3. The molecule has 1 aromatic heterocycles. The molecule has 216 valence electrons. The third-order valence-corrected chi connectivity index (χ3v) is 9.31. The molecule has 0 aliphatic carbocycles. The van der Waals surface area contributed by atoms with E-state index in [-0.39, 0.29) is 65.1 Å². The lowest BCUT2D eigenvalue weighted by Crippen LogP contribution is -2.45. The van der Waals surface area contributed by atoms with Crippen LogP contribution in [-0.2, 0) is 27.8 Å². The molecule has 2 N–H and O–H groups in total. The zero-order valence-electron chi connectivity index (χ0n) is 22.5. The average Bonchev–Trinajstić information content (AvgIpc) is 3.67. The molecule has 0 saturated carbocycles. The Morgan fingerprint density at radius 3 is 2.76 bits per heavy atom. The molecule has 12 heteroatoms. The van der Waals surface area contributed by atoms with Gasteiger partial charge >= 0.3 is 5.97 Å². The topological polar surface area (TPSA) is 92.7 Å². The molecule has 1 saturated heterocycles. The quantitative estimate of drug-likeness (QED) is 0.316. The Morgan fingerprint density at radius 2 is 1.98 bits per heavy atom. The van der Waals surface area contributed by atoms with E-state index in [9.17, 15) is 18.8 Å². The number of amides is 2. The van der Waals surface area contributed by atoms with E-state index in [1.807, 2.05) is 42.1 Å². The standard InChI is InChI=1S/C29H29Cl2FN4O4S/c1-35-15-20(19-5-3-4-6-24(19)35)28(39)34-23-12-21(30)16(9-22(23)31)10-26(37)36-14-17(32)11-25(36)29-33-13-18(41-29)7-8-27(38)40-2/h3-6,9,12-13,15,17,25,29,33H,7-8,10-11,14H2,1-2H3,(H,34,39)/t17-,25-,29?/m0/s1. The molecular formula is C29H29Cl2FN4O4S. The first-order chi connectivity index (χ1) is 19.6. The zero-order valence-corrected chi connectivity index (χ0v) is 24.8. The number of nitrogens with one attached hydrogen (secondary N) is 2. The number of likely N-dealkylation sites (tertiary alicyclic amines) is 1. The number of nitrogens with zero attached hydrogens (tertiary/aromatic N) is 2. The largest absolute Gasteiger partial charge is 0.469 e. The third-order valence-electron chi connectivity index (χ3n) is 7.32. The van der Waals surface area contributed by atoms with Gasteiger partial charge in [-0.05, 0) is 30.2 Å². The van der Waals surface area contributed by atoms with Crippen molar-refractivity contribution in [3.8, 4) is 0 Å². The highest BCUT2D eigenvalue weighted by Gasteiger charge is 2.41. The Bertz CT molecular complexity index is 1540. The number of rotatable bonds is 8. The molecular weight excluding hydrogens is 590 g/mol. The van der Waals surface area contributed by atoms with Crippen LogP contribution in [0.3, 0.4) is 0 Å². The van der Waals surface area contributed by atoms with E-state index in [2.05, 4.69) is 10.6 Å². The average molecular weight is 620 g/mol.